The number of amides is 2. The van der Waals surface area contributed by atoms with Gasteiger partial charge in [0.25, 0.3) is 0 Å². The zero-order valence-corrected chi connectivity index (χ0v) is 17.6. The van der Waals surface area contributed by atoms with Crippen LogP contribution in [0.25, 0.3) is 0 Å². The van der Waals surface area contributed by atoms with Crippen LogP contribution < -0.4 is 20.1 Å². The molecular formula is C24H25FN4O3. The first-order valence-corrected chi connectivity index (χ1v) is 10.7. The Balaban J connectivity index is 1.25. The van der Waals surface area contributed by atoms with Gasteiger partial charge in [-0.25, -0.2) is 19.2 Å². The summed E-state index contributed by atoms with van der Waals surface area (Å²) >= 11 is 0. The van der Waals surface area contributed by atoms with Crippen molar-refractivity contribution in [2.75, 3.05) is 0 Å². The Hall–Kier alpha value is -3.68. The molecule has 0 atom stereocenters. The number of hydrogen-bond donors (Lipinski definition) is 2. The van der Waals surface area contributed by atoms with Crippen molar-refractivity contribution in [2.45, 2.75) is 44.9 Å². The minimum absolute atomic E-state index is 0.205. The third kappa shape index (κ3) is 6.16. The Morgan fingerprint density at radius 2 is 1.88 bits per heavy atom. The van der Waals surface area contributed by atoms with Crippen LogP contribution in [-0.4, -0.2) is 22.1 Å². The summed E-state index contributed by atoms with van der Waals surface area (Å²) in [6.45, 7) is 0.541. The summed E-state index contributed by atoms with van der Waals surface area (Å²) in [6.07, 6.45) is 8.12. The molecule has 0 unspecified atom stereocenters. The largest absolute Gasteiger partial charge is 0.474 e. The highest BCUT2D eigenvalue weighted by Crippen LogP contribution is 2.24. The number of aromatic nitrogens is 2. The first-order valence-electron chi connectivity index (χ1n) is 10.7. The normalized spacial score (nSPS) is 13.5. The van der Waals surface area contributed by atoms with Crippen LogP contribution in [0, 0.1) is 5.82 Å². The van der Waals surface area contributed by atoms with E-state index in [0.29, 0.717) is 29.6 Å². The van der Waals surface area contributed by atoms with Gasteiger partial charge in [-0.3, -0.25) is 0 Å². The minimum atomic E-state index is -0.398. The molecule has 8 heteroatoms. The van der Waals surface area contributed by atoms with E-state index in [-0.39, 0.29) is 18.7 Å². The number of hydrogen-bond acceptors (Lipinski definition) is 5. The van der Waals surface area contributed by atoms with Crippen molar-refractivity contribution < 1.29 is 18.7 Å². The molecule has 0 saturated heterocycles. The molecule has 166 valence electrons. The second-order valence-electron chi connectivity index (χ2n) is 7.59. The molecule has 1 saturated carbocycles. The quantitative estimate of drug-likeness (QED) is 0.533. The number of carbonyl (C=O) groups is 1. The van der Waals surface area contributed by atoms with Gasteiger partial charge in [0, 0.05) is 43.2 Å². The van der Waals surface area contributed by atoms with Gasteiger partial charge >= 0.3 is 6.03 Å². The number of nitrogens with one attached hydrogen (secondary N) is 2. The fourth-order valence-electron chi connectivity index (χ4n) is 3.48. The lowest BCUT2D eigenvalue weighted by molar-refractivity contribution is 0.201. The number of carbonyl (C=O) groups excluding carboxylic acids is 1. The molecule has 3 aromatic rings. The van der Waals surface area contributed by atoms with Crippen LogP contribution >= 0.6 is 0 Å². The zero-order valence-electron chi connectivity index (χ0n) is 17.6. The SMILES string of the molecule is O=C(NCc1ccc(OC2CCCC2)nc1)NCc1cccnc1Oc1cccc(F)c1. The van der Waals surface area contributed by atoms with Crippen molar-refractivity contribution in [3.05, 3.63) is 77.9 Å². The van der Waals surface area contributed by atoms with E-state index in [9.17, 15) is 9.18 Å². The molecule has 1 aliphatic rings. The molecule has 7 nitrogen and oxygen atoms in total. The molecule has 1 aliphatic carbocycles. The maximum Gasteiger partial charge on any atom is 0.315 e. The monoisotopic (exact) mass is 436 g/mol. The predicted molar refractivity (Wildman–Crippen MR) is 117 cm³/mol. The van der Waals surface area contributed by atoms with Crippen LogP contribution in [0.2, 0.25) is 0 Å². The maximum absolute atomic E-state index is 13.4. The second-order valence-corrected chi connectivity index (χ2v) is 7.59. The molecule has 0 radical (unpaired) electrons. The van der Waals surface area contributed by atoms with Gasteiger partial charge < -0.3 is 20.1 Å². The van der Waals surface area contributed by atoms with E-state index < -0.39 is 5.82 Å². The van der Waals surface area contributed by atoms with E-state index >= 15 is 0 Å². The van der Waals surface area contributed by atoms with Crippen molar-refractivity contribution in [3.63, 3.8) is 0 Å². The average molecular weight is 436 g/mol. The molecule has 2 aromatic heterocycles. The molecule has 2 heterocycles. The van der Waals surface area contributed by atoms with Crippen molar-refractivity contribution >= 4 is 6.03 Å². The molecular weight excluding hydrogens is 411 g/mol. The number of benzene rings is 1. The molecule has 2 N–H and O–H groups in total. The van der Waals surface area contributed by atoms with E-state index in [1.165, 1.54) is 25.0 Å². The van der Waals surface area contributed by atoms with Gasteiger partial charge in [-0.15, -0.1) is 0 Å². The lowest BCUT2D eigenvalue weighted by Gasteiger charge is -2.13. The Morgan fingerprint density at radius 3 is 2.66 bits per heavy atom. The summed E-state index contributed by atoms with van der Waals surface area (Å²) in [5.41, 5.74) is 1.54. The zero-order chi connectivity index (χ0) is 22.2. The average Bonchev–Trinajstić information content (AvgIpc) is 3.31. The van der Waals surface area contributed by atoms with E-state index in [1.54, 1.807) is 36.7 Å². The first kappa shape index (κ1) is 21.5. The Morgan fingerprint density at radius 1 is 1.03 bits per heavy atom. The van der Waals surface area contributed by atoms with E-state index in [4.69, 9.17) is 9.47 Å². The standard InChI is InChI=1S/C24H25FN4O3/c25-19-6-3-9-21(13-19)32-23-18(5-4-12-26-23)16-29-24(30)28-15-17-10-11-22(27-14-17)31-20-7-1-2-8-20/h3-6,9-14,20H,1-2,7-8,15-16H2,(H2,28,29,30). The maximum atomic E-state index is 13.4. The van der Waals surface area contributed by atoms with Crippen LogP contribution in [0.5, 0.6) is 17.5 Å². The third-order valence-electron chi connectivity index (χ3n) is 5.14. The highest BCUT2D eigenvalue weighted by Gasteiger charge is 2.16. The lowest BCUT2D eigenvalue weighted by atomic mass is 10.2. The number of urea groups is 1. The topological polar surface area (TPSA) is 85.4 Å². The fraction of sp³-hybridized carbons (Fsp3) is 0.292. The van der Waals surface area contributed by atoms with Crippen molar-refractivity contribution in [1.29, 1.82) is 0 Å². The van der Waals surface area contributed by atoms with E-state index in [2.05, 4.69) is 20.6 Å². The van der Waals surface area contributed by atoms with Gasteiger partial charge in [0.05, 0.1) is 0 Å². The number of rotatable bonds is 8. The molecule has 0 spiro atoms. The summed E-state index contributed by atoms with van der Waals surface area (Å²) in [5, 5.41) is 5.57. The fourth-order valence-corrected chi connectivity index (χ4v) is 3.48. The van der Waals surface area contributed by atoms with Crippen LogP contribution in [0.3, 0.4) is 0 Å². The van der Waals surface area contributed by atoms with Gasteiger partial charge in [-0.1, -0.05) is 18.2 Å². The molecule has 0 bridgehead atoms. The molecule has 1 aromatic carbocycles. The Kier molecular flexibility index (Phi) is 7.12. The highest BCUT2D eigenvalue weighted by molar-refractivity contribution is 5.73. The molecule has 4 rings (SSSR count). The van der Waals surface area contributed by atoms with Crippen LogP contribution in [-0.2, 0) is 13.1 Å². The molecule has 1 fully saturated rings. The highest BCUT2D eigenvalue weighted by atomic mass is 19.1. The lowest BCUT2D eigenvalue weighted by Crippen LogP contribution is -2.34. The smallest absolute Gasteiger partial charge is 0.315 e. The first-order chi connectivity index (χ1) is 15.7. The number of halogens is 1. The molecule has 0 aliphatic heterocycles. The van der Waals surface area contributed by atoms with Crippen LogP contribution in [0.4, 0.5) is 9.18 Å². The molecule has 2 amide bonds. The van der Waals surface area contributed by atoms with Gasteiger partial charge in [0.15, 0.2) is 0 Å². The summed E-state index contributed by atoms with van der Waals surface area (Å²) in [7, 11) is 0. The summed E-state index contributed by atoms with van der Waals surface area (Å²) in [5.74, 6) is 0.861. The Bertz CT molecular complexity index is 1040. The second kappa shape index (κ2) is 10.6. The van der Waals surface area contributed by atoms with Gasteiger partial charge in [-0.2, -0.15) is 0 Å². The van der Waals surface area contributed by atoms with Gasteiger partial charge in [0.2, 0.25) is 11.8 Å². The molecule has 32 heavy (non-hydrogen) atoms. The minimum Gasteiger partial charge on any atom is -0.474 e. The predicted octanol–water partition coefficient (Wildman–Crippen LogP) is 4.73. The van der Waals surface area contributed by atoms with Gasteiger partial charge in [-0.05, 0) is 49.4 Å². The van der Waals surface area contributed by atoms with E-state index in [1.807, 2.05) is 12.1 Å². The van der Waals surface area contributed by atoms with Crippen molar-refractivity contribution in [2.24, 2.45) is 0 Å². The van der Waals surface area contributed by atoms with Crippen LogP contribution in [0.1, 0.15) is 36.8 Å². The number of pyridine rings is 2. The summed E-state index contributed by atoms with van der Waals surface area (Å²) < 4.78 is 24.9. The summed E-state index contributed by atoms with van der Waals surface area (Å²) in [6, 6.07) is 12.7. The van der Waals surface area contributed by atoms with Gasteiger partial charge in [0.1, 0.15) is 17.7 Å². The van der Waals surface area contributed by atoms with Crippen molar-refractivity contribution in [1.82, 2.24) is 20.6 Å². The van der Waals surface area contributed by atoms with E-state index in [0.717, 1.165) is 18.4 Å². The third-order valence-corrected chi connectivity index (χ3v) is 5.14. The summed E-state index contributed by atoms with van der Waals surface area (Å²) in [4.78, 5) is 20.7. The Labute approximate surface area is 186 Å². The number of ether oxygens (including phenoxy) is 2. The van der Waals surface area contributed by atoms with Crippen LogP contribution in [0.15, 0.2) is 60.9 Å². The number of nitrogens with zero attached hydrogens (tertiary/aromatic N) is 2. The van der Waals surface area contributed by atoms with Crippen molar-refractivity contribution in [3.8, 4) is 17.5 Å².